The van der Waals surface area contributed by atoms with Gasteiger partial charge in [0.25, 0.3) is 5.91 Å². The van der Waals surface area contributed by atoms with Gasteiger partial charge in [0, 0.05) is 10.2 Å². The van der Waals surface area contributed by atoms with Crippen molar-refractivity contribution in [2.24, 2.45) is 0 Å². The second kappa shape index (κ2) is 4.52. The van der Waals surface area contributed by atoms with Crippen LogP contribution in [-0.4, -0.2) is 24.6 Å². The van der Waals surface area contributed by atoms with Crippen molar-refractivity contribution in [3.63, 3.8) is 0 Å². The molecule has 2 amide bonds. The zero-order chi connectivity index (χ0) is 11.5. The number of cyclic esters (lactones) is 1. The number of halogens is 1. The van der Waals surface area contributed by atoms with Gasteiger partial charge in [-0.05, 0) is 18.2 Å². The van der Waals surface area contributed by atoms with E-state index in [1.165, 1.54) is 0 Å². The number of alkyl carbamates (subject to hydrolysis) is 1. The minimum absolute atomic E-state index is 0.0681. The Labute approximate surface area is 100 Å². The molecule has 0 bridgehead atoms. The summed E-state index contributed by atoms with van der Waals surface area (Å²) in [4.78, 5) is 22.4. The number of carbonyl (C=O) groups excluding carboxylic acids is 2. The molecule has 84 valence electrons. The van der Waals surface area contributed by atoms with Crippen molar-refractivity contribution in [3.05, 3.63) is 28.7 Å². The summed E-state index contributed by atoms with van der Waals surface area (Å²) >= 11 is 3.30. The summed E-state index contributed by atoms with van der Waals surface area (Å²) in [5, 5.41) is 5.09. The lowest BCUT2D eigenvalue weighted by Crippen LogP contribution is -2.38. The smallest absolute Gasteiger partial charge is 0.407 e. The zero-order valence-corrected chi connectivity index (χ0v) is 9.78. The van der Waals surface area contributed by atoms with Crippen LogP contribution in [0, 0.1) is 0 Å². The van der Waals surface area contributed by atoms with Crippen LogP contribution in [0.3, 0.4) is 0 Å². The van der Waals surface area contributed by atoms with E-state index in [9.17, 15) is 9.59 Å². The highest BCUT2D eigenvalue weighted by atomic mass is 79.9. The van der Waals surface area contributed by atoms with Gasteiger partial charge < -0.3 is 15.4 Å². The lowest BCUT2D eigenvalue weighted by molar-refractivity contribution is -0.117. The number of anilines is 1. The average Bonchev–Trinajstić information content (AvgIpc) is 2.65. The molecule has 1 saturated heterocycles. The molecule has 0 aliphatic carbocycles. The van der Waals surface area contributed by atoms with Crippen LogP contribution in [0.4, 0.5) is 10.5 Å². The standard InChI is InChI=1S/C10H9BrN2O3/c11-6-2-1-3-7(4-6)12-9(14)8-5-16-10(15)13-8/h1-4,8H,5H2,(H,12,14)(H,13,15). The Morgan fingerprint density at radius 3 is 3.00 bits per heavy atom. The van der Waals surface area contributed by atoms with E-state index in [0.29, 0.717) is 5.69 Å². The van der Waals surface area contributed by atoms with Crippen LogP contribution in [-0.2, 0) is 9.53 Å². The van der Waals surface area contributed by atoms with Crippen LogP contribution in [0.15, 0.2) is 28.7 Å². The maximum atomic E-state index is 11.7. The predicted molar refractivity (Wildman–Crippen MR) is 61.0 cm³/mol. The van der Waals surface area contributed by atoms with E-state index in [1.54, 1.807) is 12.1 Å². The van der Waals surface area contributed by atoms with Gasteiger partial charge in [0.1, 0.15) is 12.6 Å². The van der Waals surface area contributed by atoms with Crippen LogP contribution in [0.2, 0.25) is 0 Å². The van der Waals surface area contributed by atoms with Gasteiger partial charge in [-0.25, -0.2) is 4.79 Å². The van der Waals surface area contributed by atoms with Gasteiger partial charge in [0.15, 0.2) is 0 Å². The molecule has 5 nitrogen and oxygen atoms in total. The third-order valence-electron chi connectivity index (χ3n) is 2.08. The van der Waals surface area contributed by atoms with Crippen molar-refractivity contribution in [3.8, 4) is 0 Å². The topological polar surface area (TPSA) is 67.4 Å². The molecule has 6 heteroatoms. The molecule has 0 radical (unpaired) electrons. The fourth-order valence-electron chi connectivity index (χ4n) is 1.32. The minimum Gasteiger partial charge on any atom is -0.447 e. The second-order valence-corrected chi connectivity index (χ2v) is 4.21. The van der Waals surface area contributed by atoms with Crippen molar-refractivity contribution in [2.75, 3.05) is 11.9 Å². The fourth-order valence-corrected chi connectivity index (χ4v) is 1.72. The molecule has 2 N–H and O–H groups in total. The lowest BCUT2D eigenvalue weighted by atomic mass is 10.2. The van der Waals surface area contributed by atoms with Gasteiger partial charge in [-0.1, -0.05) is 22.0 Å². The minimum atomic E-state index is -0.619. The molecule has 0 aromatic heterocycles. The largest absolute Gasteiger partial charge is 0.447 e. The maximum absolute atomic E-state index is 11.7. The first-order valence-electron chi connectivity index (χ1n) is 4.65. The number of hydrogen-bond acceptors (Lipinski definition) is 3. The van der Waals surface area contributed by atoms with Gasteiger partial charge in [0.05, 0.1) is 0 Å². The van der Waals surface area contributed by atoms with Crippen molar-refractivity contribution in [2.45, 2.75) is 6.04 Å². The molecular weight excluding hydrogens is 276 g/mol. The Hall–Kier alpha value is -1.56. The van der Waals surface area contributed by atoms with E-state index in [4.69, 9.17) is 0 Å². The Kier molecular flexibility index (Phi) is 3.09. The zero-order valence-electron chi connectivity index (χ0n) is 8.20. The number of rotatable bonds is 2. The van der Waals surface area contributed by atoms with Crippen molar-refractivity contribution in [1.29, 1.82) is 0 Å². The van der Waals surface area contributed by atoms with E-state index in [0.717, 1.165) is 4.47 Å². The molecule has 1 heterocycles. The Balaban J connectivity index is 1.99. The number of nitrogens with one attached hydrogen (secondary N) is 2. The summed E-state index contributed by atoms with van der Waals surface area (Å²) < 4.78 is 5.50. The van der Waals surface area contributed by atoms with Crippen molar-refractivity contribution >= 4 is 33.6 Å². The van der Waals surface area contributed by atoms with Crippen LogP contribution in [0.5, 0.6) is 0 Å². The first kappa shape index (κ1) is 10.9. The number of amides is 2. The Bertz CT molecular complexity index is 436. The molecule has 1 atom stereocenters. The number of benzene rings is 1. The second-order valence-electron chi connectivity index (χ2n) is 3.29. The monoisotopic (exact) mass is 284 g/mol. The van der Waals surface area contributed by atoms with Crippen LogP contribution < -0.4 is 10.6 Å². The highest BCUT2D eigenvalue weighted by molar-refractivity contribution is 9.10. The molecule has 2 rings (SSSR count). The molecule has 1 aliphatic rings. The first-order chi connectivity index (χ1) is 7.65. The fraction of sp³-hybridized carbons (Fsp3) is 0.200. The average molecular weight is 285 g/mol. The highest BCUT2D eigenvalue weighted by Crippen LogP contribution is 2.16. The van der Waals surface area contributed by atoms with Crippen molar-refractivity contribution in [1.82, 2.24) is 5.32 Å². The van der Waals surface area contributed by atoms with E-state index < -0.39 is 12.1 Å². The number of carbonyl (C=O) groups is 2. The number of hydrogen-bond donors (Lipinski definition) is 2. The van der Waals surface area contributed by atoms with Crippen LogP contribution >= 0.6 is 15.9 Å². The number of ether oxygens (including phenoxy) is 1. The quantitative estimate of drug-likeness (QED) is 0.865. The SMILES string of the molecule is O=C1NC(C(=O)Nc2cccc(Br)c2)CO1. The summed E-state index contributed by atoms with van der Waals surface area (Å²) in [6.07, 6.45) is -0.561. The normalized spacial score (nSPS) is 18.8. The predicted octanol–water partition coefficient (Wildman–Crippen LogP) is 1.50. The van der Waals surface area contributed by atoms with Gasteiger partial charge >= 0.3 is 6.09 Å². The van der Waals surface area contributed by atoms with E-state index >= 15 is 0 Å². The maximum Gasteiger partial charge on any atom is 0.407 e. The molecule has 16 heavy (non-hydrogen) atoms. The summed E-state index contributed by atoms with van der Waals surface area (Å²) in [7, 11) is 0. The summed E-state index contributed by atoms with van der Waals surface area (Å²) in [6.45, 7) is 0.0681. The van der Waals surface area contributed by atoms with Gasteiger partial charge in [0.2, 0.25) is 0 Å². The third-order valence-corrected chi connectivity index (χ3v) is 2.58. The Morgan fingerprint density at radius 1 is 1.56 bits per heavy atom. The molecule has 0 saturated carbocycles. The summed E-state index contributed by atoms with van der Waals surface area (Å²) in [5.74, 6) is -0.288. The van der Waals surface area contributed by atoms with Gasteiger partial charge in [-0.3, -0.25) is 4.79 Å². The third kappa shape index (κ3) is 2.52. The molecule has 1 fully saturated rings. The van der Waals surface area contributed by atoms with E-state index in [1.807, 2.05) is 12.1 Å². The molecule has 1 unspecified atom stereocenters. The molecule has 0 spiro atoms. The highest BCUT2D eigenvalue weighted by Gasteiger charge is 2.28. The van der Waals surface area contributed by atoms with Crippen LogP contribution in [0.25, 0.3) is 0 Å². The first-order valence-corrected chi connectivity index (χ1v) is 5.44. The van der Waals surface area contributed by atoms with Gasteiger partial charge in [-0.15, -0.1) is 0 Å². The van der Waals surface area contributed by atoms with E-state index in [2.05, 4.69) is 31.3 Å². The molecule has 1 aromatic rings. The molecule has 1 aromatic carbocycles. The molecule has 1 aliphatic heterocycles. The van der Waals surface area contributed by atoms with Crippen LogP contribution in [0.1, 0.15) is 0 Å². The molecular formula is C10H9BrN2O3. The van der Waals surface area contributed by atoms with Gasteiger partial charge in [-0.2, -0.15) is 0 Å². The summed E-state index contributed by atoms with van der Waals surface area (Å²) in [6, 6.07) is 6.58. The van der Waals surface area contributed by atoms with E-state index in [-0.39, 0.29) is 12.5 Å². The Morgan fingerprint density at radius 2 is 2.38 bits per heavy atom. The lowest BCUT2D eigenvalue weighted by Gasteiger charge is -2.08. The summed E-state index contributed by atoms with van der Waals surface area (Å²) in [5.41, 5.74) is 0.667. The van der Waals surface area contributed by atoms with Crippen molar-refractivity contribution < 1.29 is 14.3 Å².